The Balaban J connectivity index is 2.32. The van der Waals surface area contributed by atoms with Crippen molar-refractivity contribution < 1.29 is 13.5 Å². The highest BCUT2D eigenvalue weighted by atomic mass is 32.2. The van der Waals surface area contributed by atoms with E-state index in [0.717, 1.165) is 37.7 Å². The van der Waals surface area contributed by atoms with E-state index in [1.807, 2.05) is 13.8 Å². The molecule has 0 amide bonds. The van der Waals surface area contributed by atoms with Gasteiger partial charge in [-0.15, -0.1) is 0 Å². The van der Waals surface area contributed by atoms with E-state index in [2.05, 4.69) is 13.8 Å². The zero-order valence-corrected chi connectivity index (χ0v) is 17.8. The van der Waals surface area contributed by atoms with Crippen molar-refractivity contribution in [2.45, 2.75) is 89.7 Å². The van der Waals surface area contributed by atoms with Crippen molar-refractivity contribution in [2.24, 2.45) is 5.41 Å². The van der Waals surface area contributed by atoms with Crippen molar-refractivity contribution in [1.29, 1.82) is 0 Å². The maximum absolute atomic E-state index is 13.3. The molecule has 0 spiro atoms. The van der Waals surface area contributed by atoms with Crippen LogP contribution in [0.3, 0.4) is 0 Å². The molecule has 2 rings (SSSR count). The summed E-state index contributed by atoms with van der Waals surface area (Å²) in [6.07, 6.45) is 5.47. The average Bonchev–Trinajstić information content (AvgIpc) is 2.58. The van der Waals surface area contributed by atoms with E-state index in [9.17, 15) is 13.5 Å². The molecular formula is C21H35NO3S. The summed E-state index contributed by atoms with van der Waals surface area (Å²) in [5, 5.41) is 10.4. The lowest BCUT2D eigenvalue weighted by Gasteiger charge is -2.40. The first kappa shape index (κ1) is 21.4. The standard InChI is InChI=1S/C21H35NO3S/c1-6-15-22(18-9-8-14-20(3,4)16-18)26(24,25)19-12-10-17(11-13-19)21(5,23)7-2/h10-13,18,23H,6-9,14-16H2,1-5H3. The molecule has 1 aromatic carbocycles. The van der Waals surface area contributed by atoms with E-state index in [1.54, 1.807) is 35.5 Å². The molecule has 0 aromatic heterocycles. The Morgan fingerprint density at radius 1 is 1.23 bits per heavy atom. The smallest absolute Gasteiger partial charge is 0.243 e. The molecule has 0 radical (unpaired) electrons. The number of sulfonamides is 1. The van der Waals surface area contributed by atoms with Crippen LogP contribution in [0.1, 0.15) is 78.7 Å². The highest BCUT2D eigenvalue weighted by Gasteiger charge is 2.37. The minimum Gasteiger partial charge on any atom is -0.385 e. The van der Waals surface area contributed by atoms with Crippen LogP contribution in [0.2, 0.25) is 0 Å². The van der Waals surface area contributed by atoms with Gasteiger partial charge in [-0.05, 0) is 62.1 Å². The van der Waals surface area contributed by atoms with E-state index >= 15 is 0 Å². The van der Waals surface area contributed by atoms with Crippen LogP contribution < -0.4 is 0 Å². The van der Waals surface area contributed by atoms with Gasteiger partial charge in [-0.2, -0.15) is 4.31 Å². The minimum absolute atomic E-state index is 0.0714. The zero-order chi connectivity index (χ0) is 19.6. The normalized spacial score (nSPS) is 23.0. The number of hydrogen-bond donors (Lipinski definition) is 1. The molecule has 4 nitrogen and oxygen atoms in total. The molecule has 1 aliphatic carbocycles. The molecule has 0 aliphatic heterocycles. The third kappa shape index (κ3) is 4.68. The fourth-order valence-corrected chi connectivity index (χ4v) is 5.70. The van der Waals surface area contributed by atoms with Crippen molar-refractivity contribution in [2.75, 3.05) is 6.54 Å². The number of nitrogens with zero attached hydrogens (tertiary/aromatic N) is 1. The number of rotatable bonds is 7. The molecule has 2 unspecified atom stereocenters. The predicted molar refractivity (Wildman–Crippen MR) is 107 cm³/mol. The van der Waals surface area contributed by atoms with E-state index in [0.29, 0.717) is 17.9 Å². The van der Waals surface area contributed by atoms with Gasteiger partial charge in [0.2, 0.25) is 10.0 Å². The van der Waals surface area contributed by atoms with Crippen LogP contribution in [0.25, 0.3) is 0 Å². The van der Waals surface area contributed by atoms with E-state index in [-0.39, 0.29) is 11.5 Å². The van der Waals surface area contributed by atoms with Crippen LogP contribution >= 0.6 is 0 Å². The number of aliphatic hydroxyl groups is 1. The maximum atomic E-state index is 13.3. The Morgan fingerprint density at radius 3 is 2.35 bits per heavy atom. The lowest BCUT2D eigenvalue weighted by Crippen LogP contribution is -2.44. The van der Waals surface area contributed by atoms with Gasteiger partial charge in [0.05, 0.1) is 10.5 Å². The second-order valence-corrected chi connectivity index (χ2v) is 10.6. The topological polar surface area (TPSA) is 57.6 Å². The third-order valence-electron chi connectivity index (χ3n) is 5.80. The Morgan fingerprint density at radius 2 is 1.85 bits per heavy atom. The van der Waals surface area contributed by atoms with Crippen LogP contribution in [0.5, 0.6) is 0 Å². The molecular weight excluding hydrogens is 346 g/mol. The Hall–Kier alpha value is -0.910. The van der Waals surface area contributed by atoms with Crippen molar-refractivity contribution >= 4 is 10.0 Å². The fraction of sp³-hybridized carbons (Fsp3) is 0.714. The second kappa shape index (κ2) is 7.99. The first-order valence-electron chi connectivity index (χ1n) is 9.88. The first-order chi connectivity index (χ1) is 12.0. The lowest BCUT2D eigenvalue weighted by atomic mass is 9.75. The molecule has 1 saturated carbocycles. The van der Waals surface area contributed by atoms with Crippen molar-refractivity contribution in [1.82, 2.24) is 4.31 Å². The fourth-order valence-electron chi connectivity index (χ4n) is 3.95. The highest BCUT2D eigenvalue weighted by molar-refractivity contribution is 7.89. The summed E-state index contributed by atoms with van der Waals surface area (Å²) in [7, 11) is -3.53. The van der Waals surface area contributed by atoms with Gasteiger partial charge in [-0.3, -0.25) is 0 Å². The van der Waals surface area contributed by atoms with Crippen molar-refractivity contribution in [3.8, 4) is 0 Å². The Kier molecular flexibility index (Phi) is 6.57. The molecule has 5 heteroatoms. The third-order valence-corrected chi connectivity index (χ3v) is 7.77. The Bertz CT molecular complexity index is 692. The van der Waals surface area contributed by atoms with Gasteiger partial charge >= 0.3 is 0 Å². The maximum Gasteiger partial charge on any atom is 0.243 e. The van der Waals surface area contributed by atoms with Crippen molar-refractivity contribution in [3.05, 3.63) is 29.8 Å². The van der Waals surface area contributed by atoms with Crippen LogP contribution in [-0.2, 0) is 15.6 Å². The average molecular weight is 382 g/mol. The molecule has 1 fully saturated rings. The summed E-state index contributed by atoms with van der Waals surface area (Å²) in [6.45, 7) is 10.7. The molecule has 0 heterocycles. The monoisotopic (exact) mass is 381 g/mol. The molecule has 26 heavy (non-hydrogen) atoms. The molecule has 1 aromatic rings. The zero-order valence-electron chi connectivity index (χ0n) is 17.0. The quantitative estimate of drug-likeness (QED) is 0.746. The second-order valence-electron chi connectivity index (χ2n) is 8.68. The minimum atomic E-state index is -3.53. The SMILES string of the molecule is CCCN(C1CCCC(C)(C)C1)S(=O)(=O)c1ccc(C(C)(O)CC)cc1. The summed E-state index contributed by atoms with van der Waals surface area (Å²) >= 11 is 0. The lowest BCUT2D eigenvalue weighted by molar-refractivity contribution is 0.0530. The van der Waals surface area contributed by atoms with Crippen LogP contribution in [0, 0.1) is 5.41 Å². The van der Waals surface area contributed by atoms with Crippen LogP contribution in [0.15, 0.2) is 29.2 Å². The van der Waals surface area contributed by atoms with Crippen LogP contribution in [-0.4, -0.2) is 30.4 Å². The summed E-state index contributed by atoms with van der Waals surface area (Å²) in [5.74, 6) is 0. The highest BCUT2D eigenvalue weighted by Crippen LogP contribution is 2.39. The summed E-state index contributed by atoms with van der Waals surface area (Å²) in [6, 6.07) is 6.84. The van der Waals surface area contributed by atoms with E-state index in [1.165, 1.54) is 0 Å². The van der Waals surface area contributed by atoms with E-state index in [4.69, 9.17) is 0 Å². The number of hydrogen-bond acceptors (Lipinski definition) is 3. The van der Waals surface area contributed by atoms with Gasteiger partial charge in [0.25, 0.3) is 0 Å². The molecule has 0 saturated heterocycles. The molecule has 148 valence electrons. The van der Waals surface area contributed by atoms with Gasteiger partial charge in [0.15, 0.2) is 0 Å². The summed E-state index contributed by atoms with van der Waals surface area (Å²) in [4.78, 5) is 0.324. The molecule has 1 aliphatic rings. The van der Waals surface area contributed by atoms with Gasteiger partial charge in [-0.25, -0.2) is 8.42 Å². The van der Waals surface area contributed by atoms with Gasteiger partial charge in [0.1, 0.15) is 0 Å². The molecule has 1 N–H and O–H groups in total. The Labute approximate surface area is 159 Å². The van der Waals surface area contributed by atoms with Gasteiger partial charge < -0.3 is 5.11 Å². The van der Waals surface area contributed by atoms with Crippen molar-refractivity contribution in [3.63, 3.8) is 0 Å². The van der Waals surface area contributed by atoms with E-state index < -0.39 is 15.6 Å². The molecule has 2 atom stereocenters. The molecule has 0 bridgehead atoms. The summed E-state index contributed by atoms with van der Waals surface area (Å²) < 4.78 is 28.4. The number of benzene rings is 1. The van der Waals surface area contributed by atoms with Crippen LogP contribution in [0.4, 0.5) is 0 Å². The largest absolute Gasteiger partial charge is 0.385 e. The van der Waals surface area contributed by atoms with Gasteiger partial charge in [-0.1, -0.05) is 46.2 Å². The first-order valence-corrected chi connectivity index (χ1v) is 11.3. The summed E-state index contributed by atoms with van der Waals surface area (Å²) in [5.41, 5.74) is 0.00666. The van der Waals surface area contributed by atoms with Gasteiger partial charge in [0, 0.05) is 12.6 Å². The predicted octanol–water partition coefficient (Wildman–Crippen LogP) is 4.67.